The Bertz CT molecular complexity index is 842. The molecule has 4 rings (SSSR count). The van der Waals surface area contributed by atoms with Crippen LogP contribution in [0, 0.1) is 6.92 Å². The van der Waals surface area contributed by atoms with E-state index in [0.717, 1.165) is 16.8 Å². The Morgan fingerprint density at radius 3 is 3.15 bits per heavy atom. The molecule has 0 N–H and O–H groups in total. The van der Waals surface area contributed by atoms with E-state index in [4.69, 9.17) is 4.52 Å². The van der Waals surface area contributed by atoms with Crippen molar-refractivity contribution in [1.82, 2.24) is 14.7 Å². The quantitative estimate of drug-likeness (QED) is 0.743. The molecule has 1 saturated carbocycles. The smallest absolute Gasteiger partial charge is 0.271 e. The zero-order valence-electron chi connectivity index (χ0n) is 11.0. The summed E-state index contributed by atoms with van der Waals surface area (Å²) < 4.78 is 7.59. The highest BCUT2D eigenvalue weighted by molar-refractivity contribution is 7.17. The van der Waals surface area contributed by atoms with Gasteiger partial charge in [-0.25, -0.2) is 4.98 Å². The van der Waals surface area contributed by atoms with E-state index in [1.807, 2.05) is 18.4 Å². The predicted octanol–water partition coefficient (Wildman–Crippen LogP) is 2.68. The second-order valence-corrected chi connectivity index (χ2v) is 6.15. The van der Waals surface area contributed by atoms with Crippen LogP contribution in [0.1, 0.15) is 35.8 Å². The maximum absolute atomic E-state index is 12.4. The van der Waals surface area contributed by atoms with E-state index in [-0.39, 0.29) is 5.56 Å². The average molecular weight is 287 g/mol. The van der Waals surface area contributed by atoms with Crippen molar-refractivity contribution < 1.29 is 4.52 Å². The lowest BCUT2D eigenvalue weighted by atomic mass is 10.2. The third-order valence-corrected chi connectivity index (χ3v) is 4.70. The fourth-order valence-corrected chi connectivity index (χ4v) is 3.27. The predicted molar refractivity (Wildman–Crippen MR) is 76.2 cm³/mol. The minimum absolute atomic E-state index is 0.0162. The van der Waals surface area contributed by atoms with E-state index in [0.29, 0.717) is 22.9 Å². The number of aromatic nitrogens is 3. The third kappa shape index (κ3) is 1.87. The Morgan fingerprint density at radius 2 is 2.35 bits per heavy atom. The van der Waals surface area contributed by atoms with Crippen LogP contribution in [0.2, 0.25) is 0 Å². The van der Waals surface area contributed by atoms with Gasteiger partial charge < -0.3 is 4.52 Å². The monoisotopic (exact) mass is 287 g/mol. The zero-order valence-corrected chi connectivity index (χ0v) is 11.8. The topological polar surface area (TPSA) is 60.9 Å². The van der Waals surface area contributed by atoms with E-state index in [1.54, 1.807) is 10.9 Å². The van der Waals surface area contributed by atoms with Crippen LogP contribution in [0.25, 0.3) is 10.2 Å². The molecule has 102 valence electrons. The van der Waals surface area contributed by atoms with Crippen LogP contribution in [-0.2, 0) is 6.54 Å². The fraction of sp³-hybridized carbons (Fsp3) is 0.357. The van der Waals surface area contributed by atoms with Gasteiger partial charge in [-0.05, 0) is 30.7 Å². The van der Waals surface area contributed by atoms with Crippen LogP contribution in [0.15, 0.2) is 27.1 Å². The van der Waals surface area contributed by atoms with E-state index in [2.05, 4.69) is 10.1 Å². The molecule has 3 heterocycles. The van der Waals surface area contributed by atoms with E-state index in [9.17, 15) is 4.79 Å². The van der Waals surface area contributed by atoms with Crippen LogP contribution < -0.4 is 5.56 Å². The molecule has 1 aliphatic rings. The standard InChI is InChI=1S/C14H13N3O2S/c1-8-6-20-13-12(8)15-7-17(14(13)18)5-10-4-11(16-19-10)9-2-3-9/h4,6-7,9H,2-3,5H2,1H3. The van der Waals surface area contributed by atoms with Gasteiger partial charge in [0, 0.05) is 12.0 Å². The summed E-state index contributed by atoms with van der Waals surface area (Å²) in [6.45, 7) is 2.35. The van der Waals surface area contributed by atoms with Crippen molar-refractivity contribution in [3.05, 3.63) is 45.1 Å². The Kier molecular flexibility index (Phi) is 2.53. The Morgan fingerprint density at radius 1 is 1.50 bits per heavy atom. The van der Waals surface area contributed by atoms with Gasteiger partial charge in [-0.2, -0.15) is 0 Å². The molecule has 0 aliphatic heterocycles. The lowest BCUT2D eigenvalue weighted by Crippen LogP contribution is -2.20. The van der Waals surface area contributed by atoms with E-state index >= 15 is 0 Å². The first-order valence-electron chi connectivity index (χ1n) is 6.61. The van der Waals surface area contributed by atoms with Crippen molar-refractivity contribution in [3.63, 3.8) is 0 Å². The molecule has 0 spiro atoms. The molecule has 0 saturated heterocycles. The molecule has 6 heteroatoms. The minimum atomic E-state index is -0.0162. The molecule has 0 aromatic carbocycles. The van der Waals surface area contributed by atoms with Gasteiger partial charge in [0.15, 0.2) is 5.76 Å². The molecule has 0 amide bonds. The van der Waals surface area contributed by atoms with Gasteiger partial charge in [-0.1, -0.05) is 5.16 Å². The van der Waals surface area contributed by atoms with Crippen molar-refractivity contribution in [1.29, 1.82) is 0 Å². The highest BCUT2D eigenvalue weighted by Gasteiger charge is 2.27. The molecule has 0 unspecified atom stereocenters. The molecule has 3 aromatic rings. The number of rotatable bonds is 3. The van der Waals surface area contributed by atoms with E-state index < -0.39 is 0 Å². The molecule has 1 fully saturated rings. The van der Waals surface area contributed by atoms with E-state index in [1.165, 1.54) is 24.2 Å². The highest BCUT2D eigenvalue weighted by Crippen LogP contribution is 2.39. The first kappa shape index (κ1) is 11.8. The minimum Gasteiger partial charge on any atom is -0.359 e. The van der Waals surface area contributed by atoms with Crippen LogP contribution in [-0.4, -0.2) is 14.7 Å². The van der Waals surface area contributed by atoms with Crippen LogP contribution in [0.5, 0.6) is 0 Å². The summed E-state index contributed by atoms with van der Waals surface area (Å²) in [7, 11) is 0. The van der Waals surface area contributed by atoms with Gasteiger partial charge >= 0.3 is 0 Å². The van der Waals surface area contributed by atoms with Gasteiger partial charge in [0.1, 0.15) is 4.70 Å². The number of hydrogen-bond acceptors (Lipinski definition) is 5. The van der Waals surface area contributed by atoms with Crippen LogP contribution in [0.4, 0.5) is 0 Å². The van der Waals surface area contributed by atoms with Crippen LogP contribution >= 0.6 is 11.3 Å². The molecule has 3 aromatic heterocycles. The maximum atomic E-state index is 12.4. The Labute approximate surface area is 118 Å². The summed E-state index contributed by atoms with van der Waals surface area (Å²) >= 11 is 1.44. The van der Waals surface area contributed by atoms with Crippen LogP contribution in [0.3, 0.4) is 0 Å². The maximum Gasteiger partial charge on any atom is 0.271 e. The summed E-state index contributed by atoms with van der Waals surface area (Å²) in [6.07, 6.45) is 3.96. The summed E-state index contributed by atoms with van der Waals surface area (Å²) in [5.41, 5.74) is 2.84. The zero-order chi connectivity index (χ0) is 13.7. The lowest BCUT2D eigenvalue weighted by molar-refractivity contribution is 0.369. The molecular formula is C14H13N3O2S. The summed E-state index contributed by atoms with van der Waals surface area (Å²) in [5.74, 6) is 1.27. The molecule has 0 bridgehead atoms. The van der Waals surface area contributed by atoms with Gasteiger partial charge in [-0.15, -0.1) is 11.3 Å². The molecule has 1 aliphatic carbocycles. The lowest BCUT2D eigenvalue weighted by Gasteiger charge is -2.01. The highest BCUT2D eigenvalue weighted by atomic mass is 32.1. The van der Waals surface area contributed by atoms with Crippen molar-refractivity contribution in [2.24, 2.45) is 0 Å². The first-order valence-corrected chi connectivity index (χ1v) is 7.49. The largest absolute Gasteiger partial charge is 0.359 e. The molecule has 0 atom stereocenters. The van der Waals surface area contributed by atoms with Crippen molar-refractivity contribution in [2.45, 2.75) is 32.2 Å². The number of thiophene rings is 1. The number of hydrogen-bond donors (Lipinski definition) is 0. The van der Waals surface area contributed by atoms with Gasteiger partial charge in [0.05, 0.1) is 24.1 Å². The summed E-state index contributed by atoms with van der Waals surface area (Å²) in [5, 5.41) is 6.02. The normalized spacial score (nSPS) is 15.1. The number of fused-ring (bicyclic) bond motifs is 1. The Hall–Kier alpha value is -1.95. The Balaban J connectivity index is 1.70. The van der Waals surface area contributed by atoms with Crippen molar-refractivity contribution >= 4 is 21.6 Å². The fourth-order valence-electron chi connectivity index (χ4n) is 2.32. The molecule has 5 nitrogen and oxygen atoms in total. The second kappa shape index (κ2) is 4.28. The number of nitrogens with zero attached hydrogens (tertiary/aromatic N) is 3. The van der Waals surface area contributed by atoms with Gasteiger partial charge in [0.25, 0.3) is 5.56 Å². The van der Waals surface area contributed by atoms with Gasteiger partial charge in [-0.3, -0.25) is 9.36 Å². The number of aryl methyl sites for hydroxylation is 1. The SMILES string of the molecule is Cc1csc2c(=O)n(Cc3cc(C4CC4)no3)cnc12. The first-order chi connectivity index (χ1) is 9.72. The second-order valence-electron chi connectivity index (χ2n) is 5.27. The summed E-state index contributed by atoms with van der Waals surface area (Å²) in [6, 6.07) is 1.95. The molecule has 20 heavy (non-hydrogen) atoms. The third-order valence-electron chi connectivity index (χ3n) is 3.62. The summed E-state index contributed by atoms with van der Waals surface area (Å²) in [4.78, 5) is 16.7. The van der Waals surface area contributed by atoms with Crippen molar-refractivity contribution in [3.8, 4) is 0 Å². The average Bonchev–Trinajstić information content (AvgIpc) is 3.08. The van der Waals surface area contributed by atoms with Crippen molar-refractivity contribution in [2.75, 3.05) is 0 Å². The molecule has 0 radical (unpaired) electrons. The van der Waals surface area contributed by atoms with Gasteiger partial charge in [0.2, 0.25) is 0 Å². The molecular weight excluding hydrogens is 274 g/mol.